The van der Waals surface area contributed by atoms with Crippen molar-refractivity contribution < 1.29 is 23.5 Å². The van der Waals surface area contributed by atoms with E-state index in [1.807, 2.05) is 6.07 Å². The van der Waals surface area contributed by atoms with Crippen molar-refractivity contribution in [3.63, 3.8) is 0 Å². The molecule has 0 aliphatic rings. The van der Waals surface area contributed by atoms with E-state index in [4.69, 9.17) is 20.8 Å². The summed E-state index contributed by atoms with van der Waals surface area (Å²) in [6.45, 7) is 0.125. The predicted molar refractivity (Wildman–Crippen MR) is 117 cm³/mol. The lowest BCUT2D eigenvalue weighted by atomic mass is 10.1. The Morgan fingerprint density at radius 2 is 1.90 bits per heavy atom. The number of anilines is 1. The second-order valence-corrected chi connectivity index (χ2v) is 6.82. The summed E-state index contributed by atoms with van der Waals surface area (Å²) in [7, 11) is 1.26. The predicted octanol–water partition coefficient (Wildman–Crippen LogP) is 4.30. The van der Waals surface area contributed by atoms with E-state index < -0.39 is 11.9 Å². The van der Waals surface area contributed by atoms with Crippen molar-refractivity contribution >= 4 is 41.1 Å². The molecule has 158 valence electrons. The fourth-order valence-corrected chi connectivity index (χ4v) is 2.92. The van der Waals surface area contributed by atoms with Crippen LogP contribution in [0.5, 0.6) is 0 Å². The summed E-state index contributed by atoms with van der Waals surface area (Å²) in [6, 6.07) is 15.0. The number of methoxy groups -OCH3 is 1. The molecule has 8 heteroatoms. The Balaban J connectivity index is 1.72. The number of rotatable bonds is 7. The van der Waals surface area contributed by atoms with E-state index in [1.54, 1.807) is 42.5 Å². The molecule has 31 heavy (non-hydrogen) atoms. The molecule has 1 heterocycles. The Morgan fingerprint density at radius 1 is 1.10 bits per heavy atom. The minimum Gasteiger partial charge on any atom is -0.465 e. The number of halogens is 1. The maximum atomic E-state index is 12.2. The Morgan fingerprint density at radius 3 is 2.61 bits per heavy atom. The number of esters is 1. The number of hydrogen-bond acceptors (Lipinski definition) is 5. The number of carbonyl (C=O) groups excluding carboxylic acids is 3. The Hall–Kier alpha value is -3.84. The first-order chi connectivity index (χ1) is 15.0. The van der Waals surface area contributed by atoms with Gasteiger partial charge in [-0.15, -0.1) is 0 Å². The molecule has 1 aromatic heterocycles. The number of hydrogen-bond donors (Lipinski definition) is 2. The summed E-state index contributed by atoms with van der Waals surface area (Å²) in [5.74, 6) is -1.25. The van der Waals surface area contributed by atoms with Crippen LogP contribution < -0.4 is 10.6 Å². The van der Waals surface area contributed by atoms with Gasteiger partial charge in [-0.05, 0) is 53.6 Å². The monoisotopic (exact) mass is 438 g/mol. The molecule has 0 aliphatic heterocycles. The molecule has 0 saturated heterocycles. The second-order valence-electron chi connectivity index (χ2n) is 6.41. The van der Waals surface area contributed by atoms with Crippen LogP contribution >= 0.6 is 11.6 Å². The van der Waals surface area contributed by atoms with Crippen LogP contribution in [0.15, 0.2) is 71.4 Å². The van der Waals surface area contributed by atoms with Crippen LogP contribution in [0.1, 0.15) is 32.0 Å². The van der Waals surface area contributed by atoms with Gasteiger partial charge in [0.15, 0.2) is 5.76 Å². The Labute approximate surface area is 183 Å². The van der Waals surface area contributed by atoms with E-state index in [1.165, 1.54) is 31.6 Å². The molecule has 0 saturated carbocycles. The van der Waals surface area contributed by atoms with E-state index in [-0.39, 0.29) is 23.8 Å². The normalized spacial score (nSPS) is 10.6. The molecule has 0 spiro atoms. The lowest BCUT2D eigenvalue weighted by Gasteiger charge is -2.10. The first-order valence-corrected chi connectivity index (χ1v) is 9.61. The van der Waals surface area contributed by atoms with Crippen molar-refractivity contribution in [2.24, 2.45) is 0 Å². The molecule has 3 rings (SSSR count). The Kier molecular flexibility index (Phi) is 7.24. The van der Waals surface area contributed by atoms with Crippen molar-refractivity contribution in [3.05, 3.63) is 94.4 Å². The van der Waals surface area contributed by atoms with Crippen molar-refractivity contribution in [2.75, 3.05) is 12.4 Å². The SMILES string of the molecule is COC(=O)c1cc(CNC(=O)/C=C/c2ccccc2Cl)cc(NC(=O)c2ccco2)c1. The highest BCUT2D eigenvalue weighted by molar-refractivity contribution is 6.32. The first kappa shape index (κ1) is 21.9. The van der Waals surface area contributed by atoms with Gasteiger partial charge in [0, 0.05) is 23.3 Å². The molecule has 2 N–H and O–H groups in total. The molecule has 0 aliphatic carbocycles. The van der Waals surface area contributed by atoms with Gasteiger partial charge in [0.2, 0.25) is 5.91 Å². The van der Waals surface area contributed by atoms with Crippen LogP contribution in [0.4, 0.5) is 5.69 Å². The third-order valence-corrected chi connectivity index (χ3v) is 4.55. The molecule has 3 aromatic rings. The fraction of sp³-hybridized carbons (Fsp3) is 0.0870. The summed E-state index contributed by atoms with van der Waals surface area (Å²) in [5, 5.41) is 5.93. The van der Waals surface area contributed by atoms with Crippen LogP contribution in [0.3, 0.4) is 0 Å². The van der Waals surface area contributed by atoms with Crippen molar-refractivity contribution in [1.29, 1.82) is 0 Å². The maximum Gasteiger partial charge on any atom is 0.337 e. The highest BCUT2D eigenvalue weighted by Crippen LogP contribution is 2.18. The lowest BCUT2D eigenvalue weighted by molar-refractivity contribution is -0.116. The van der Waals surface area contributed by atoms with Gasteiger partial charge in [0.05, 0.1) is 18.9 Å². The maximum absolute atomic E-state index is 12.2. The molecule has 2 amide bonds. The molecule has 2 aromatic carbocycles. The molecular formula is C23H19ClN2O5. The van der Waals surface area contributed by atoms with Crippen LogP contribution in [0.2, 0.25) is 5.02 Å². The molecule has 0 unspecified atom stereocenters. The van der Waals surface area contributed by atoms with E-state index in [2.05, 4.69) is 10.6 Å². The van der Waals surface area contributed by atoms with Crippen molar-refractivity contribution in [1.82, 2.24) is 5.32 Å². The van der Waals surface area contributed by atoms with Crippen LogP contribution in [-0.2, 0) is 16.1 Å². The molecule has 0 fully saturated rings. The summed E-state index contributed by atoms with van der Waals surface area (Å²) < 4.78 is 9.84. The minimum atomic E-state index is -0.569. The Bertz CT molecular complexity index is 1120. The third kappa shape index (κ3) is 6.07. The minimum absolute atomic E-state index is 0.125. The summed E-state index contributed by atoms with van der Waals surface area (Å²) in [4.78, 5) is 36.4. The van der Waals surface area contributed by atoms with Crippen molar-refractivity contribution in [3.8, 4) is 0 Å². The van der Waals surface area contributed by atoms with Gasteiger partial charge < -0.3 is 19.8 Å². The van der Waals surface area contributed by atoms with Gasteiger partial charge in [-0.25, -0.2) is 4.79 Å². The number of benzene rings is 2. The molecular weight excluding hydrogens is 420 g/mol. The van der Waals surface area contributed by atoms with Crippen LogP contribution in [0.25, 0.3) is 6.08 Å². The highest BCUT2D eigenvalue weighted by atomic mass is 35.5. The van der Waals surface area contributed by atoms with E-state index in [0.717, 1.165) is 5.56 Å². The van der Waals surface area contributed by atoms with Crippen LogP contribution in [0, 0.1) is 0 Å². The number of furan rings is 1. The van der Waals surface area contributed by atoms with Crippen molar-refractivity contribution in [2.45, 2.75) is 6.54 Å². The molecule has 7 nitrogen and oxygen atoms in total. The summed E-state index contributed by atoms with van der Waals surface area (Å²) in [6.07, 6.45) is 4.36. The van der Waals surface area contributed by atoms with E-state index in [9.17, 15) is 14.4 Å². The lowest BCUT2D eigenvalue weighted by Crippen LogP contribution is -2.21. The number of ether oxygens (including phenoxy) is 1. The molecule has 0 bridgehead atoms. The highest BCUT2D eigenvalue weighted by Gasteiger charge is 2.13. The zero-order valence-electron chi connectivity index (χ0n) is 16.6. The van der Waals surface area contributed by atoms with Gasteiger partial charge in [0.25, 0.3) is 5.91 Å². The first-order valence-electron chi connectivity index (χ1n) is 9.24. The number of carbonyl (C=O) groups is 3. The molecule has 0 radical (unpaired) electrons. The second kappa shape index (κ2) is 10.3. The smallest absolute Gasteiger partial charge is 0.337 e. The zero-order chi connectivity index (χ0) is 22.2. The van der Waals surface area contributed by atoms with E-state index in [0.29, 0.717) is 16.3 Å². The fourth-order valence-electron chi connectivity index (χ4n) is 2.73. The standard InChI is InChI=1S/C23H19ClN2O5/c1-30-23(29)17-11-15(12-18(13-17)26-22(28)20-7-4-10-31-20)14-25-21(27)9-8-16-5-2-3-6-19(16)24/h2-13H,14H2,1H3,(H,25,27)(H,26,28)/b9-8+. The van der Waals surface area contributed by atoms with Crippen LogP contribution in [-0.4, -0.2) is 24.9 Å². The topological polar surface area (TPSA) is 97.6 Å². The average molecular weight is 439 g/mol. The molecule has 0 atom stereocenters. The van der Waals surface area contributed by atoms with Gasteiger partial charge in [-0.2, -0.15) is 0 Å². The quantitative estimate of drug-likeness (QED) is 0.423. The summed E-state index contributed by atoms with van der Waals surface area (Å²) >= 11 is 6.07. The summed E-state index contributed by atoms with van der Waals surface area (Å²) in [5.41, 5.74) is 1.91. The number of nitrogens with one attached hydrogen (secondary N) is 2. The van der Waals surface area contributed by atoms with Gasteiger partial charge in [-0.3, -0.25) is 9.59 Å². The van der Waals surface area contributed by atoms with Gasteiger partial charge >= 0.3 is 5.97 Å². The largest absolute Gasteiger partial charge is 0.465 e. The van der Waals surface area contributed by atoms with E-state index >= 15 is 0 Å². The average Bonchev–Trinajstić information content (AvgIpc) is 3.31. The van der Waals surface area contributed by atoms with Gasteiger partial charge in [-0.1, -0.05) is 29.8 Å². The number of amides is 2. The third-order valence-electron chi connectivity index (χ3n) is 4.20. The van der Waals surface area contributed by atoms with Gasteiger partial charge in [0.1, 0.15) is 0 Å². The zero-order valence-corrected chi connectivity index (χ0v) is 17.3.